The van der Waals surface area contributed by atoms with Crippen LogP contribution in [0.15, 0.2) is 29.2 Å². The van der Waals surface area contributed by atoms with Gasteiger partial charge in [-0.2, -0.15) is 0 Å². The maximum Gasteiger partial charge on any atom is 0.162 e. The van der Waals surface area contributed by atoms with Gasteiger partial charge in [0.05, 0.1) is 5.75 Å². The Kier molecular flexibility index (Phi) is 5.98. The lowest BCUT2D eigenvalue weighted by Crippen LogP contribution is -1.98. The number of hydrogen-bond donors (Lipinski definition) is 0. The Morgan fingerprint density at radius 1 is 1.18 bits per heavy atom. The van der Waals surface area contributed by atoms with Gasteiger partial charge in [-0.1, -0.05) is 25.5 Å². The van der Waals surface area contributed by atoms with Crippen molar-refractivity contribution in [3.8, 4) is 0 Å². The van der Waals surface area contributed by atoms with Crippen LogP contribution in [0, 0.1) is 0 Å². The van der Waals surface area contributed by atoms with Crippen LogP contribution in [0.25, 0.3) is 0 Å². The minimum atomic E-state index is 0.165. The van der Waals surface area contributed by atoms with Crippen molar-refractivity contribution in [3.63, 3.8) is 0 Å². The number of hydrogen-bond acceptors (Lipinski definition) is 3. The van der Waals surface area contributed by atoms with Crippen molar-refractivity contribution in [2.75, 3.05) is 5.75 Å². The van der Waals surface area contributed by atoms with E-state index in [9.17, 15) is 9.59 Å². The Morgan fingerprint density at radius 2 is 1.82 bits per heavy atom. The first-order chi connectivity index (χ1) is 8.13. The Hall–Kier alpha value is -1.09. The molecule has 0 saturated carbocycles. The highest BCUT2D eigenvalue weighted by atomic mass is 32.2. The number of unbranched alkanes of at least 4 members (excludes halogenated alkanes) is 1. The second kappa shape index (κ2) is 7.28. The van der Waals surface area contributed by atoms with Gasteiger partial charge < -0.3 is 0 Å². The van der Waals surface area contributed by atoms with Crippen LogP contribution in [0.1, 0.15) is 43.5 Å². The SMILES string of the molecule is CCCCC(=O)c1ccc(SCC(C)=O)cc1. The molecule has 0 aliphatic rings. The highest BCUT2D eigenvalue weighted by Gasteiger charge is 2.05. The van der Waals surface area contributed by atoms with Crippen LogP contribution in [0.3, 0.4) is 0 Å². The second-order valence-electron chi connectivity index (χ2n) is 4.04. The Labute approximate surface area is 107 Å². The Balaban J connectivity index is 2.55. The molecule has 0 bridgehead atoms. The molecule has 0 aromatic heterocycles. The van der Waals surface area contributed by atoms with Gasteiger partial charge in [0.15, 0.2) is 5.78 Å². The van der Waals surface area contributed by atoms with Gasteiger partial charge in [-0.3, -0.25) is 9.59 Å². The summed E-state index contributed by atoms with van der Waals surface area (Å²) in [5.74, 6) is 0.858. The Bertz CT molecular complexity index is 382. The lowest BCUT2D eigenvalue weighted by atomic mass is 10.1. The molecule has 2 nitrogen and oxygen atoms in total. The Morgan fingerprint density at radius 3 is 2.35 bits per heavy atom. The number of carbonyl (C=O) groups is 2. The zero-order valence-electron chi connectivity index (χ0n) is 10.4. The van der Waals surface area contributed by atoms with E-state index >= 15 is 0 Å². The van der Waals surface area contributed by atoms with Crippen LogP contribution in [0.4, 0.5) is 0 Å². The molecule has 1 rings (SSSR count). The van der Waals surface area contributed by atoms with Crippen molar-refractivity contribution < 1.29 is 9.59 Å². The summed E-state index contributed by atoms with van der Waals surface area (Å²) in [7, 11) is 0. The van der Waals surface area contributed by atoms with E-state index in [1.54, 1.807) is 6.92 Å². The minimum Gasteiger partial charge on any atom is -0.299 e. The number of ketones is 2. The molecule has 1 aromatic rings. The number of benzene rings is 1. The van der Waals surface area contributed by atoms with Crippen molar-refractivity contribution in [2.24, 2.45) is 0 Å². The molecule has 1 aromatic carbocycles. The smallest absolute Gasteiger partial charge is 0.162 e. The van der Waals surface area contributed by atoms with E-state index in [2.05, 4.69) is 6.92 Å². The van der Waals surface area contributed by atoms with Crippen molar-refractivity contribution in [2.45, 2.75) is 38.0 Å². The average molecular weight is 250 g/mol. The number of carbonyl (C=O) groups excluding carboxylic acids is 2. The molecule has 0 spiro atoms. The van der Waals surface area contributed by atoms with Gasteiger partial charge in [-0.15, -0.1) is 11.8 Å². The molecule has 3 heteroatoms. The molecule has 0 amide bonds. The minimum absolute atomic E-state index is 0.165. The van der Waals surface area contributed by atoms with E-state index in [0.29, 0.717) is 12.2 Å². The van der Waals surface area contributed by atoms with Crippen LogP contribution < -0.4 is 0 Å². The van der Waals surface area contributed by atoms with E-state index in [-0.39, 0.29) is 11.6 Å². The first kappa shape index (κ1) is 14.0. The van der Waals surface area contributed by atoms with Gasteiger partial charge in [-0.25, -0.2) is 0 Å². The molecule has 0 fully saturated rings. The molecule has 0 saturated heterocycles. The molecule has 17 heavy (non-hydrogen) atoms. The molecular weight excluding hydrogens is 232 g/mol. The van der Waals surface area contributed by atoms with E-state index in [1.165, 1.54) is 11.8 Å². The molecule has 0 radical (unpaired) electrons. The first-order valence-electron chi connectivity index (χ1n) is 5.89. The van der Waals surface area contributed by atoms with Gasteiger partial charge in [-0.05, 0) is 25.5 Å². The van der Waals surface area contributed by atoms with Gasteiger partial charge in [0.25, 0.3) is 0 Å². The van der Waals surface area contributed by atoms with Gasteiger partial charge >= 0.3 is 0 Å². The largest absolute Gasteiger partial charge is 0.299 e. The fourth-order valence-electron chi connectivity index (χ4n) is 1.40. The fraction of sp³-hybridized carbons (Fsp3) is 0.429. The van der Waals surface area contributed by atoms with Gasteiger partial charge in [0.1, 0.15) is 5.78 Å². The normalized spacial score (nSPS) is 10.2. The second-order valence-corrected chi connectivity index (χ2v) is 5.09. The van der Waals surface area contributed by atoms with E-state index in [4.69, 9.17) is 0 Å². The third kappa shape index (κ3) is 5.18. The summed E-state index contributed by atoms with van der Waals surface area (Å²) in [4.78, 5) is 23.6. The maximum atomic E-state index is 11.7. The predicted molar refractivity (Wildman–Crippen MR) is 71.7 cm³/mol. The van der Waals surface area contributed by atoms with Crippen LogP contribution in [0.5, 0.6) is 0 Å². The summed E-state index contributed by atoms with van der Waals surface area (Å²) in [5, 5.41) is 0. The maximum absolute atomic E-state index is 11.7. The molecule has 0 aliphatic carbocycles. The topological polar surface area (TPSA) is 34.1 Å². The molecular formula is C14H18O2S. The van der Waals surface area contributed by atoms with Crippen molar-refractivity contribution in [1.82, 2.24) is 0 Å². The third-order valence-corrected chi connectivity index (χ3v) is 3.53. The quantitative estimate of drug-likeness (QED) is 0.546. The first-order valence-corrected chi connectivity index (χ1v) is 6.87. The highest BCUT2D eigenvalue weighted by Crippen LogP contribution is 2.19. The standard InChI is InChI=1S/C14H18O2S/c1-3-4-5-14(16)12-6-8-13(9-7-12)17-10-11(2)15/h6-9H,3-5,10H2,1-2H3. The molecule has 92 valence electrons. The summed E-state index contributed by atoms with van der Waals surface area (Å²) >= 11 is 1.51. The zero-order valence-corrected chi connectivity index (χ0v) is 11.2. The van der Waals surface area contributed by atoms with Gasteiger partial charge in [0, 0.05) is 16.9 Å². The molecule has 0 N–H and O–H groups in total. The van der Waals surface area contributed by atoms with Crippen LogP contribution in [-0.4, -0.2) is 17.3 Å². The molecule has 0 atom stereocenters. The van der Waals surface area contributed by atoms with Crippen LogP contribution in [0.2, 0.25) is 0 Å². The van der Waals surface area contributed by atoms with Crippen molar-refractivity contribution >= 4 is 23.3 Å². The fourth-order valence-corrected chi connectivity index (χ4v) is 2.10. The average Bonchev–Trinajstić information content (AvgIpc) is 2.34. The zero-order chi connectivity index (χ0) is 12.7. The van der Waals surface area contributed by atoms with E-state index in [1.807, 2.05) is 24.3 Å². The summed E-state index contributed by atoms with van der Waals surface area (Å²) in [6, 6.07) is 7.51. The summed E-state index contributed by atoms with van der Waals surface area (Å²) in [6.07, 6.45) is 2.61. The number of thioether (sulfide) groups is 1. The van der Waals surface area contributed by atoms with Crippen molar-refractivity contribution in [1.29, 1.82) is 0 Å². The van der Waals surface area contributed by atoms with Gasteiger partial charge in [0.2, 0.25) is 0 Å². The summed E-state index contributed by atoms with van der Waals surface area (Å²) in [5.41, 5.74) is 0.769. The predicted octanol–water partition coefficient (Wildman–Crippen LogP) is 3.74. The highest BCUT2D eigenvalue weighted by molar-refractivity contribution is 8.00. The molecule has 0 heterocycles. The molecule has 0 aliphatic heterocycles. The monoisotopic (exact) mass is 250 g/mol. The summed E-state index contributed by atoms with van der Waals surface area (Å²) in [6.45, 7) is 3.66. The van der Waals surface area contributed by atoms with Crippen molar-refractivity contribution in [3.05, 3.63) is 29.8 Å². The number of rotatable bonds is 7. The lowest BCUT2D eigenvalue weighted by molar-refractivity contribution is -0.114. The van der Waals surface area contributed by atoms with E-state index in [0.717, 1.165) is 23.3 Å². The number of Topliss-reactive ketones (excluding diaryl/α,β-unsaturated/α-hetero) is 2. The van der Waals surface area contributed by atoms with Crippen LogP contribution >= 0.6 is 11.8 Å². The molecule has 0 unspecified atom stereocenters. The third-order valence-electron chi connectivity index (χ3n) is 2.38. The van der Waals surface area contributed by atoms with E-state index < -0.39 is 0 Å². The summed E-state index contributed by atoms with van der Waals surface area (Å²) < 4.78 is 0. The lowest BCUT2D eigenvalue weighted by Gasteiger charge is -2.02. The van der Waals surface area contributed by atoms with Crippen LogP contribution in [-0.2, 0) is 4.79 Å².